The number of hydrogen-bond acceptors (Lipinski definition) is 6. The van der Waals surface area contributed by atoms with E-state index >= 15 is 0 Å². The maximum Gasteiger partial charge on any atom is 0.338 e. The van der Waals surface area contributed by atoms with Gasteiger partial charge in [-0.2, -0.15) is 0 Å². The molecule has 0 amide bonds. The molecule has 1 N–H and O–H groups in total. The molecule has 2 aromatic heterocycles. The van der Waals surface area contributed by atoms with Gasteiger partial charge in [-0.25, -0.2) is 14.8 Å². The van der Waals surface area contributed by atoms with Crippen molar-refractivity contribution in [2.75, 3.05) is 11.9 Å². The van der Waals surface area contributed by atoms with Gasteiger partial charge in [-0.05, 0) is 67.9 Å². The van der Waals surface area contributed by atoms with Gasteiger partial charge in [0.05, 0.1) is 23.5 Å². The number of fused-ring (bicyclic) bond motifs is 1. The molecule has 0 atom stereocenters. The summed E-state index contributed by atoms with van der Waals surface area (Å²) >= 11 is 6.28. The van der Waals surface area contributed by atoms with Crippen LogP contribution in [0.15, 0.2) is 66.9 Å². The van der Waals surface area contributed by atoms with Gasteiger partial charge in [0.15, 0.2) is 11.4 Å². The van der Waals surface area contributed by atoms with E-state index in [0.717, 1.165) is 29.6 Å². The molecule has 7 heteroatoms. The lowest BCUT2D eigenvalue weighted by Gasteiger charge is -2.15. The maximum absolute atomic E-state index is 12.1. The highest BCUT2D eigenvalue weighted by molar-refractivity contribution is 6.31. The summed E-state index contributed by atoms with van der Waals surface area (Å²) in [7, 11) is 0. The Labute approximate surface area is 197 Å². The average molecular weight is 462 g/mol. The molecule has 168 valence electrons. The Kier molecular flexibility index (Phi) is 7.05. The molecule has 0 fully saturated rings. The van der Waals surface area contributed by atoms with Crippen LogP contribution in [0.25, 0.3) is 11.0 Å². The van der Waals surface area contributed by atoms with E-state index in [1.165, 1.54) is 0 Å². The number of nitrogens with zero attached hydrogens (tertiary/aromatic N) is 2. The molecule has 0 aliphatic heterocycles. The standard InChI is InChI=1S/C26H24ClN3O3/c1-3-6-19-10-11-21-22(13-14-28-25(21)29-19)30-23-16-18(27)9-12-24(23)33-20-8-5-7-17(15-20)26(31)32-4-2/h5,7-16H,3-4,6H2,1-2H3,(H,28,29,30). The molecule has 4 aromatic rings. The largest absolute Gasteiger partial charge is 0.462 e. The number of benzene rings is 2. The predicted octanol–water partition coefficient (Wildman–Crippen LogP) is 6.95. The van der Waals surface area contributed by atoms with E-state index in [1.807, 2.05) is 18.2 Å². The first-order chi connectivity index (χ1) is 16.1. The van der Waals surface area contributed by atoms with E-state index in [0.29, 0.717) is 40.0 Å². The van der Waals surface area contributed by atoms with Crippen molar-refractivity contribution in [1.82, 2.24) is 9.97 Å². The topological polar surface area (TPSA) is 73.3 Å². The number of pyridine rings is 2. The zero-order chi connectivity index (χ0) is 23.2. The highest BCUT2D eigenvalue weighted by Gasteiger charge is 2.12. The fourth-order valence-corrected chi connectivity index (χ4v) is 3.61. The summed E-state index contributed by atoms with van der Waals surface area (Å²) in [5.41, 5.74) is 3.63. The molecule has 0 saturated carbocycles. The first kappa shape index (κ1) is 22.6. The second-order valence-electron chi connectivity index (χ2n) is 7.40. The molecule has 0 aliphatic carbocycles. The van der Waals surface area contributed by atoms with E-state index in [-0.39, 0.29) is 0 Å². The van der Waals surface area contributed by atoms with E-state index in [1.54, 1.807) is 55.6 Å². The Morgan fingerprint density at radius 2 is 1.91 bits per heavy atom. The second-order valence-corrected chi connectivity index (χ2v) is 7.83. The van der Waals surface area contributed by atoms with Crippen LogP contribution in [-0.4, -0.2) is 22.5 Å². The van der Waals surface area contributed by atoms with E-state index in [9.17, 15) is 4.79 Å². The van der Waals surface area contributed by atoms with Crippen LogP contribution in [-0.2, 0) is 11.2 Å². The number of halogens is 1. The van der Waals surface area contributed by atoms with Crippen molar-refractivity contribution >= 4 is 40.0 Å². The Bertz CT molecular complexity index is 1290. The van der Waals surface area contributed by atoms with E-state index < -0.39 is 5.97 Å². The summed E-state index contributed by atoms with van der Waals surface area (Å²) in [6.45, 7) is 4.21. The van der Waals surface area contributed by atoms with Crippen LogP contribution in [0.3, 0.4) is 0 Å². The van der Waals surface area contributed by atoms with Crippen LogP contribution >= 0.6 is 11.6 Å². The minimum absolute atomic E-state index is 0.309. The van der Waals surface area contributed by atoms with E-state index in [4.69, 9.17) is 21.1 Å². The lowest BCUT2D eigenvalue weighted by molar-refractivity contribution is 0.0526. The van der Waals surface area contributed by atoms with Gasteiger partial charge < -0.3 is 14.8 Å². The van der Waals surface area contributed by atoms with Crippen LogP contribution < -0.4 is 10.1 Å². The molecule has 0 aliphatic rings. The van der Waals surface area contributed by atoms with Crippen LogP contribution in [0.5, 0.6) is 11.5 Å². The van der Waals surface area contributed by atoms with Crippen molar-refractivity contribution in [3.63, 3.8) is 0 Å². The number of hydrogen-bond donors (Lipinski definition) is 1. The van der Waals surface area contributed by atoms with Crippen molar-refractivity contribution in [3.05, 3.63) is 83.1 Å². The molecular formula is C26H24ClN3O3. The lowest BCUT2D eigenvalue weighted by Crippen LogP contribution is -2.04. The normalized spacial score (nSPS) is 10.8. The van der Waals surface area contributed by atoms with Gasteiger partial charge in [-0.3, -0.25) is 0 Å². The average Bonchev–Trinajstić information content (AvgIpc) is 2.81. The first-order valence-corrected chi connectivity index (χ1v) is 11.2. The second kappa shape index (κ2) is 10.3. The highest BCUT2D eigenvalue weighted by Crippen LogP contribution is 2.35. The predicted molar refractivity (Wildman–Crippen MR) is 131 cm³/mol. The van der Waals surface area contributed by atoms with Crippen molar-refractivity contribution in [2.45, 2.75) is 26.7 Å². The summed E-state index contributed by atoms with van der Waals surface area (Å²) in [6, 6.07) is 18.1. The summed E-state index contributed by atoms with van der Waals surface area (Å²) < 4.78 is 11.2. The van der Waals surface area contributed by atoms with Gasteiger partial charge in [-0.15, -0.1) is 0 Å². The third kappa shape index (κ3) is 5.41. The first-order valence-electron chi connectivity index (χ1n) is 10.8. The molecule has 0 saturated heterocycles. The highest BCUT2D eigenvalue weighted by atomic mass is 35.5. The van der Waals surface area contributed by atoms with Crippen molar-refractivity contribution in [1.29, 1.82) is 0 Å². The Morgan fingerprint density at radius 3 is 2.73 bits per heavy atom. The molecule has 2 heterocycles. The fraction of sp³-hybridized carbons (Fsp3) is 0.192. The van der Waals surface area contributed by atoms with Gasteiger partial charge in [0.2, 0.25) is 0 Å². The SMILES string of the molecule is CCCc1ccc2c(Nc3cc(Cl)ccc3Oc3cccc(C(=O)OCC)c3)ccnc2n1. The summed E-state index contributed by atoms with van der Waals surface area (Å²) in [5, 5.41) is 4.86. The number of aromatic nitrogens is 2. The minimum atomic E-state index is -0.393. The number of ether oxygens (including phenoxy) is 2. The summed E-state index contributed by atoms with van der Waals surface area (Å²) in [5.74, 6) is 0.674. The van der Waals surface area contributed by atoms with Gasteiger partial charge in [0.1, 0.15) is 5.75 Å². The number of anilines is 2. The van der Waals surface area contributed by atoms with Crippen molar-refractivity contribution in [2.24, 2.45) is 0 Å². The Balaban J connectivity index is 1.65. The number of carbonyl (C=O) groups is 1. The Hall–Kier alpha value is -3.64. The number of nitrogens with one attached hydrogen (secondary N) is 1. The van der Waals surface area contributed by atoms with Crippen LogP contribution in [0.1, 0.15) is 36.3 Å². The van der Waals surface area contributed by atoms with Gasteiger partial charge in [-0.1, -0.05) is 31.0 Å². The number of rotatable bonds is 8. The van der Waals surface area contributed by atoms with E-state index in [2.05, 4.69) is 22.2 Å². The number of esters is 1. The fourth-order valence-electron chi connectivity index (χ4n) is 3.43. The molecule has 0 bridgehead atoms. The molecule has 4 rings (SSSR count). The quantitative estimate of drug-likeness (QED) is 0.286. The van der Waals surface area contributed by atoms with Crippen LogP contribution in [0.4, 0.5) is 11.4 Å². The molecular weight excluding hydrogens is 438 g/mol. The third-order valence-corrected chi connectivity index (χ3v) is 5.19. The molecule has 0 unspecified atom stereocenters. The van der Waals surface area contributed by atoms with Crippen molar-refractivity contribution in [3.8, 4) is 11.5 Å². The van der Waals surface area contributed by atoms with Crippen LogP contribution in [0, 0.1) is 0 Å². The zero-order valence-corrected chi connectivity index (χ0v) is 19.2. The molecule has 2 aromatic carbocycles. The molecule has 33 heavy (non-hydrogen) atoms. The summed E-state index contributed by atoms with van der Waals surface area (Å²) in [4.78, 5) is 21.2. The summed E-state index contributed by atoms with van der Waals surface area (Å²) in [6.07, 6.45) is 3.66. The third-order valence-electron chi connectivity index (χ3n) is 4.95. The van der Waals surface area contributed by atoms with Crippen molar-refractivity contribution < 1.29 is 14.3 Å². The molecule has 6 nitrogen and oxygen atoms in total. The monoisotopic (exact) mass is 461 g/mol. The zero-order valence-electron chi connectivity index (χ0n) is 18.5. The van der Waals surface area contributed by atoms with Gasteiger partial charge in [0, 0.05) is 22.3 Å². The number of carbonyl (C=O) groups excluding carboxylic acids is 1. The van der Waals surface area contributed by atoms with Gasteiger partial charge >= 0.3 is 5.97 Å². The van der Waals surface area contributed by atoms with Gasteiger partial charge in [0.25, 0.3) is 0 Å². The minimum Gasteiger partial charge on any atom is -0.462 e. The maximum atomic E-state index is 12.1. The Morgan fingerprint density at radius 1 is 1.03 bits per heavy atom. The number of aryl methyl sites for hydroxylation is 1. The van der Waals surface area contributed by atoms with Crippen LogP contribution in [0.2, 0.25) is 5.02 Å². The lowest BCUT2D eigenvalue weighted by atomic mass is 10.1. The molecule has 0 spiro atoms. The molecule has 0 radical (unpaired) electrons. The smallest absolute Gasteiger partial charge is 0.338 e.